The summed E-state index contributed by atoms with van der Waals surface area (Å²) in [6.45, 7) is 2.19. The van der Waals surface area contributed by atoms with E-state index in [1.807, 2.05) is 18.2 Å². The number of rotatable bonds is 6. The fourth-order valence-electron chi connectivity index (χ4n) is 2.56. The lowest BCUT2D eigenvalue weighted by molar-refractivity contribution is -0.145. The summed E-state index contributed by atoms with van der Waals surface area (Å²) in [4.78, 5) is 24.6. The summed E-state index contributed by atoms with van der Waals surface area (Å²) < 4.78 is 0. The molecule has 1 aliphatic rings. The van der Waals surface area contributed by atoms with Gasteiger partial charge >= 0.3 is 5.97 Å². The molecule has 2 N–H and O–H groups in total. The number of carbonyl (C=O) groups is 2. The van der Waals surface area contributed by atoms with Crippen molar-refractivity contribution in [3.8, 4) is 0 Å². The van der Waals surface area contributed by atoms with E-state index < -0.39 is 5.97 Å². The van der Waals surface area contributed by atoms with E-state index in [1.54, 1.807) is 4.90 Å². The summed E-state index contributed by atoms with van der Waals surface area (Å²) in [5.74, 6) is -0.977. The Morgan fingerprint density at radius 2 is 1.86 bits per heavy atom. The van der Waals surface area contributed by atoms with E-state index in [-0.39, 0.29) is 11.8 Å². The molecule has 2 rings (SSSR count). The van der Waals surface area contributed by atoms with Crippen LogP contribution in [0.1, 0.15) is 18.4 Å². The molecule has 1 heterocycles. The van der Waals surface area contributed by atoms with Gasteiger partial charge in [-0.05, 0) is 31.4 Å². The topological polar surface area (TPSA) is 69.6 Å². The van der Waals surface area contributed by atoms with Crippen LogP contribution in [0.5, 0.6) is 0 Å². The molecule has 1 aliphatic heterocycles. The Morgan fingerprint density at radius 1 is 1.19 bits per heavy atom. The van der Waals surface area contributed by atoms with Gasteiger partial charge in [-0.25, -0.2) is 0 Å². The third kappa shape index (κ3) is 4.86. The highest BCUT2D eigenvalue weighted by Gasteiger charge is 2.26. The van der Waals surface area contributed by atoms with Crippen molar-refractivity contribution in [1.29, 1.82) is 0 Å². The minimum absolute atomic E-state index is 0.0619. The standard InChI is InChI=1S/C16H22N2O3/c19-15(18-10-7-14(8-11-18)16(20)21)12-17-9-6-13-4-2-1-3-5-13/h1-5,14,17H,6-12H2,(H,20,21). The molecule has 0 saturated carbocycles. The zero-order chi connectivity index (χ0) is 15.1. The van der Waals surface area contributed by atoms with Gasteiger partial charge in [0.05, 0.1) is 12.5 Å². The van der Waals surface area contributed by atoms with Gasteiger partial charge in [-0.15, -0.1) is 0 Å². The molecule has 1 aromatic rings. The number of carboxylic acid groups (broad SMARTS) is 1. The summed E-state index contributed by atoms with van der Waals surface area (Å²) in [6.07, 6.45) is 2.02. The molecule has 1 saturated heterocycles. The first-order valence-electron chi connectivity index (χ1n) is 7.42. The fourth-order valence-corrected chi connectivity index (χ4v) is 2.56. The minimum Gasteiger partial charge on any atom is -0.481 e. The maximum absolute atomic E-state index is 12.0. The molecule has 5 heteroatoms. The van der Waals surface area contributed by atoms with Crippen molar-refractivity contribution in [3.05, 3.63) is 35.9 Å². The highest BCUT2D eigenvalue weighted by Crippen LogP contribution is 2.17. The largest absolute Gasteiger partial charge is 0.481 e. The first kappa shape index (κ1) is 15.5. The number of carbonyl (C=O) groups excluding carboxylic acids is 1. The van der Waals surface area contributed by atoms with E-state index >= 15 is 0 Å². The number of amides is 1. The predicted molar refractivity (Wildman–Crippen MR) is 80.0 cm³/mol. The predicted octanol–water partition coefficient (Wildman–Crippen LogP) is 1.14. The van der Waals surface area contributed by atoms with Crippen LogP contribution in [-0.2, 0) is 16.0 Å². The van der Waals surface area contributed by atoms with E-state index in [2.05, 4.69) is 17.4 Å². The zero-order valence-electron chi connectivity index (χ0n) is 12.1. The summed E-state index contributed by atoms with van der Waals surface area (Å²) in [5, 5.41) is 12.1. The lowest BCUT2D eigenvalue weighted by Gasteiger charge is -2.30. The fraction of sp³-hybridized carbons (Fsp3) is 0.500. The second-order valence-electron chi connectivity index (χ2n) is 5.41. The molecule has 5 nitrogen and oxygen atoms in total. The molecule has 0 unspecified atom stereocenters. The molecule has 0 aliphatic carbocycles. The monoisotopic (exact) mass is 290 g/mol. The van der Waals surface area contributed by atoms with Gasteiger partial charge < -0.3 is 15.3 Å². The molecule has 114 valence electrons. The highest BCUT2D eigenvalue weighted by molar-refractivity contribution is 5.78. The number of benzene rings is 1. The lowest BCUT2D eigenvalue weighted by Crippen LogP contribution is -2.44. The van der Waals surface area contributed by atoms with Crippen LogP contribution < -0.4 is 5.32 Å². The summed E-state index contributed by atoms with van der Waals surface area (Å²) >= 11 is 0. The van der Waals surface area contributed by atoms with Crippen molar-refractivity contribution in [3.63, 3.8) is 0 Å². The Labute approximate surface area is 125 Å². The molecule has 0 bridgehead atoms. The number of piperidine rings is 1. The molecule has 21 heavy (non-hydrogen) atoms. The SMILES string of the molecule is O=C(O)C1CCN(C(=O)CNCCc2ccccc2)CC1. The van der Waals surface area contributed by atoms with Crippen LogP contribution in [0.2, 0.25) is 0 Å². The molecule has 1 amide bonds. The van der Waals surface area contributed by atoms with E-state index in [0.717, 1.165) is 13.0 Å². The number of hydrogen-bond acceptors (Lipinski definition) is 3. The maximum Gasteiger partial charge on any atom is 0.306 e. The van der Waals surface area contributed by atoms with Crippen LogP contribution in [0.25, 0.3) is 0 Å². The van der Waals surface area contributed by atoms with Crippen molar-refractivity contribution in [2.75, 3.05) is 26.2 Å². The molecule has 0 atom stereocenters. The number of carboxylic acids is 1. The zero-order valence-corrected chi connectivity index (χ0v) is 12.1. The Balaban J connectivity index is 1.63. The highest BCUT2D eigenvalue weighted by atomic mass is 16.4. The van der Waals surface area contributed by atoms with Gasteiger partial charge in [0.2, 0.25) is 5.91 Å². The molecule has 1 aromatic carbocycles. The maximum atomic E-state index is 12.0. The molecule has 0 radical (unpaired) electrons. The summed E-state index contributed by atoms with van der Waals surface area (Å²) in [6, 6.07) is 10.1. The third-order valence-corrected chi connectivity index (χ3v) is 3.91. The van der Waals surface area contributed by atoms with Crippen LogP contribution >= 0.6 is 0 Å². The lowest BCUT2D eigenvalue weighted by atomic mass is 9.97. The van der Waals surface area contributed by atoms with Gasteiger partial charge in [0, 0.05) is 13.1 Å². The van der Waals surface area contributed by atoms with E-state index in [9.17, 15) is 9.59 Å². The van der Waals surface area contributed by atoms with E-state index in [1.165, 1.54) is 5.56 Å². The molecule has 1 fully saturated rings. The van der Waals surface area contributed by atoms with Crippen molar-refractivity contribution in [2.24, 2.45) is 5.92 Å². The summed E-state index contributed by atoms with van der Waals surface area (Å²) in [7, 11) is 0. The molecular formula is C16H22N2O3. The van der Waals surface area contributed by atoms with Gasteiger partial charge in [-0.1, -0.05) is 30.3 Å². The first-order chi connectivity index (χ1) is 10.2. The number of aliphatic carboxylic acids is 1. The van der Waals surface area contributed by atoms with Gasteiger partial charge in [0.1, 0.15) is 0 Å². The van der Waals surface area contributed by atoms with Crippen LogP contribution in [0.4, 0.5) is 0 Å². The summed E-state index contributed by atoms with van der Waals surface area (Å²) in [5.41, 5.74) is 1.25. The van der Waals surface area contributed by atoms with Crippen LogP contribution in [0.15, 0.2) is 30.3 Å². The Morgan fingerprint density at radius 3 is 2.48 bits per heavy atom. The number of nitrogens with zero attached hydrogens (tertiary/aromatic N) is 1. The van der Waals surface area contributed by atoms with Crippen molar-refractivity contribution < 1.29 is 14.7 Å². The van der Waals surface area contributed by atoms with E-state index in [4.69, 9.17) is 5.11 Å². The number of hydrogen-bond donors (Lipinski definition) is 2. The first-order valence-corrected chi connectivity index (χ1v) is 7.42. The van der Waals surface area contributed by atoms with Gasteiger partial charge in [0.25, 0.3) is 0 Å². The normalized spacial score (nSPS) is 15.9. The van der Waals surface area contributed by atoms with Crippen LogP contribution in [0, 0.1) is 5.92 Å². The number of likely N-dealkylation sites (tertiary alicyclic amines) is 1. The van der Waals surface area contributed by atoms with Crippen molar-refractivity contribution in [1.82, 2.24) is 10.2 Å². The Kier molecular flexibility index (Phi) is 5.75. The van der Waals surface area contributed by atoms with Crippen molar-refractivity contribution in [2.45, 2.75) is 19.3 Å². The smallest absolute Gasteiger partial charge is 0.306 e. The average Bonchev–Trinajstić information content (AvgIpc) is 2.52. The van der Waals surface area contributed by atoms with Crippen LogP contribution in [-0.4, -0.2) is 48.1 Å². The molecular weight excluding hydrogens is 268 g/mol. The van der Waals surface area contributed by atoms with Crippen LogP contribution in [0.3, 0.4) is 0 Å². The van der Waals surface area contributed by atoms with Gasteiger partial charge in [-0.3, -0.25) is 9.59 Å². The second-order valence-corrected chi connectivity index (χ2v) is 5.41. The van der Waals surface area contributed by atoms with Gasteiger partial charge in [0.15, 0.2) is 0 Å². The second kappa shape index (κ2) is 7.78. The number of nitrogens with one attached hydrogen (secondary N) is 1. The molecule has 0 aromatic heterocycles. The van der Waals surface area contributed by atoms with Crippen molar-refractivity contribution >= 4 is 11.9 Å². The quantitative estimate of drug-likeness (QED) is 0.771. The third-order valence-electron chi connectivity index (χ3n) is 3.91. The minimum atomic E-state index is -0.747. The van der Waals surface area contributed by atoms with E-state index in [0.29, 0.717) is 32.5 Å². The van der Waals surface area contributed by atoms with Gasteiger partial charge in [-0.2, -0.15) is 0 Å². The Hall–Kier alpha value is -1.88. The Bertz CT molecular complexity index is 468. The molecule has 0 spiro atoms. The average molecular weight is 290 g/mol.